The van der Waals surface area contributed by atoms with E-state index in [-0.39, 0.29) is 22.0 Å². The zero-order valence-electron chi connectivity index (χ0n) is 15.2. The van der Waals surface area contributed by atoms with E-state index in [0.717, 1.165) is 5.69 Å². The van der Waals surface area contributed by atoms with E-state index in [1.165, 1.54) is 23.8 Å². The summed E-state index contributed by atoms with van der Waals surface area (Å²) in [5.74, 6) is -0.291. The minimum atomic E-state index is -0.539. The molecule has 0 bridgehead atoms. The van der Waals surface area contributed by atoms with Gasteiger partial charge in [-0.1, -0.05) is 44.5 Å². The molecule has 0 aliphatic carbocycles. The first-order chi connectivity index (χ1) is 12.1. The highest BCUT2D eigenvalue weighted by Crippen LogP contribution is 2.27. The third-order valence-corrected chi connectivity index (χ3v) is 4.26. The van der Waals surface area contributed by atoms with Crippen molar-refractivity contribution < 1.29 is 9.72 Å². The van der Waals surface area contributed by atoms with Gasteiger partial charge in [-0.3, -0.25) is 14.9 Å². The summed E-state index contributed by atoms with van der Waals surface area (Å²) in [6.45, 7) is 8.14. The van der Waals surface area contributed by atoms with Crippen LogP contribution in [0, 0.1) is 10.1 Å². The maximum Gasteiger partial charge on any atom is 0.271 e. The quantitative estimate of drug-likeness (QED) is 0.569. The lowest BCUT2D eigenvalue weighted by Crippen LogP contribution is -2.32. The van der Waals surface area contributed by atoms with Gasteiger partial charge in [-0.05, 0) is 36.1 Å². The Hall–Kier alpha value is -2.60. The van der Waals surface area contributed by atoms with Crippen LogP contribution in [0.25, 0.3) is 0 Å². The fourth-order valence-corrected chi connectivity index (χ4v) is 2.56. The molecular formula is C19H22ClN3O3. The number of hydrogen-bond acceptors (Lipinski definition) is 4. The maximum atomic E-state index is 12.3. The lowest BCUT2D eigenvalue weighted by Gasteiger charge is -2.20. The summed E-state index contributed by atoms with van der Waals surface area (Å²) in [5.41, 5.74) is 2.30. The lowest BCUT2D eigenvalue weighted by molar-refractivity contribution is -0.384. The van der Waals surface area contributed by atoms with Gasteiger partial charge in [-0.25, -0.2) is 0 Å². The van der Waals surface area contributed by atoms with E-state index in [1.54, 1.807) is 6.92 Å². The summed E-state index contributed by atoms with van der Waals surface area (Å²) >= 11 is 6.00. The van der Waals surface area contributed by atoms with Gasteiger partial charge in [-0.15, -0.1) is 0 Å². The Kier molecular flexibility index (Phi) is 5.87. The minimum absolute atomic E-state index is 0.0637. The predicted molar refractivity (Wildman–Crippen MR) is 105 cm³/mol. The van der Waals surface area contributed by atoms with Crippen molar-refractivity contribution in [2.45, 2.75) is 39.2 Å². The van der Waals surface area contributed by atoms with E-state index in [4.69, 9.17) is 11.6 Å². The van der Waals surface area contributed by atoms with Crippen LogP contribution in [0.15, 0.2) is 42.5 Å². The summed E-state index contributed by atoms with van der Waals surface area (Å²) in [6, 6.07) is 11.3. The molecule has 0 heterocycles. The summed E-state index contributed by atoms with van der Waals surface area (Å²) < 4.78 is 0. The number of carbonyl (C=O) groups is 1. The number of rotatable bonds is 5. The van der Waals surface area contributed by atoms with Crippen LogP contribution >= 0.6 is 11.6 Å². The Bertz CT molecular complexity index is 814. The van der Waals surface area contributed by atoms with Crippen molar-refractivity contribution in [1.29, 1.82) is 0 Å². The second kappa shape index (κ2) is 7.74. The largest absolute Gasteiger partial charge is 0.374 e. The number of halogens is 1. The number of anilines is 2. The van der Waals surface area contributed by atoms with Gasteiger partial charge in [0.05, 0.1) is 15.6 Å². The molecule has 2 aromatic rings. The van der Waals surface area contributed by atoms with Crippen LogP contribution in [-0.2, 0) is 10.2 Å². The highest BCUT2D eigenvalue weighted by Gasteiger charge is 2.17. The molecule has 0 aromatic heterocycles. The van der Waals surface area contributed by atoms with Crippen LogP contribution < -0.4 is 10.6 Å². The number of nitrogens with zero attached hydrogens (tertiary/aromatic N) is 1. The Labute approximate surface area is 157 Å². The van der Waals surface area contributed by atoms with Crippen LogP contribution in [0.2, 0.25) is 5.02 Å². The highest BCUT2D eigenvalue weighted by molar-refractivity contribution is 6.34. The summed E-state index contributed by atoms with van der Waals surface area (Å²) in [4.78, 5) is 22.5. The van der Waals surface area contributed by atoms with Crippen LogP contribution in [0.4, 0.5) is 17.1 Å². The van der Waals surface area contributed by atoms with Gasteiger partial charge in [0.1, 0.15) is 6.04 Å². The van der Waals surface area contributed by atoms with Crippen molar-refractivity contribution >= 4 is 34.6 Å². The highest BCUT2D eigenvalue weighted by atomic mass is 35.5. The van der Waals surface area contributed by atoms with Gasteiger partial charge >= 0.3 is 0 Å². The molecule has 0 aliphatic heterocycles. The first-order valence-corrected chi connectivity index (χ1v) is 8.57. The molecule has 0 unspecified atom stereocenters. The molecule has 1 atom stereocenters. The SMILES string of the molecule is C[C@@H](Nc1ccc(C(C)(C)C)cc1)C(=O)Nc1ccc([N+](=O)[O-])cc1Cl. The van der Waals surface area contributed by atoms with Crippen molar-refractivity contribution in [3.63, 3.8) is 0 Å². The van der Waals surface area contributed by atoms with Crippen LogP contribution in [0.1, 0.15) is 33.3 Å². The fraction of sp³-hybridized carbons (Fsp3) is 0.316. The molecule has 1 amide bonds. The van der Waals surface area contributed by atoms with Crippen molar-refractivity contribution in [1.82, 2.24) is 0 Å². The third kappa shape index (κ3) is 4.95. The summed E-state index contributed by atoms with van der Waals surface area (Å²) in [6.07, 6.45) is 0. The zero-order chi connectivity index (χ0) is 19.5. The van der Waals surface area contributed by atoms with E-state index in [9.17, 15) is 14.9 Å². The predicted octanol–water partition coefficient (Wildman–Crippen LogP) is 4.98. The second-order valence-corrected chi connectivity index (χ2v) is 7.51. The van der Waals surface area contributed by atoms with Crippen molar-refractivity contribution in [3.8, 4) is 0 Å². The number of hydrogen-bond donors (Lipinski definition) is 2. The third-order valence-electron chi connectivity index (χ3n) is 3.95. The number of benzene rings is 2. The first-order valence-electron chi connectivity index (χ1n) is 8.20. The van der Waals surface area contributed by atoms with E-state index in [2.05, 4.69) is 31.4 Å². The number of nitro groups is 1. The van der Waals surface area contributed by atoms with Gasteiger partial charge in [0.2, 0.25) is 5.91 Å². The van der Waals surface area contributed by atoms with Crippen LogP contribution in [-0.4, -0.2) is 16.9 Å². The molecule has 0 fully saturated rings. The molecule has 0 saturated carbocycles. The monoisotopic (exact) mass is 375 g/mol. The average molecular weight is 376 g/mol. The molecule has 138 valence electrons. The minimum Gasteiger partial charge on any atom is -0.374 e. The number of carbonyl (C=O) groups excluding carboxylic acids is 1. The molecule has 2 N–H and O–H groups in total. The van der Waals surface area contributed by atoms with E-state index in [0.29, 0.717) is 5.69 Å². The second-order valence-electron chi connectivity index (χ2n) is 7.10. The number of nitrogens with one attached hydrogen (secondary N) is 2. The number of nitro benzene ring substituents is 1. The van der Waals surface area contributed by atoms with Crippen LogP contribution in [0.3, 0.4) is 0 Å². The molecule has 7 heteroatoms. The van der Waals surface area contributed by atoms with Crippen molar-refractivity contribution in [2.24, 2.45) is 0 Å². The maximum absolute atomic E-state index is 12.3. The molecule has 2 rings (SSSR count). The van der Waals surface area contributed by atoms with Gasteiger partial charge < -0.3 is 10.6 Å². The molecular weight excluding hydrogens is 354 g/mol. The van der Waals surface area contributed by atoms with Crippen molar-refractivity contribution in [2.75, 3.05) is 10.6 Å². The van der Waals surface area contributed by atoms with Crippen molar-refractivity contribution in [3.05, 3.63) is 63.2 Å². The standard InChI is InChI=1S/C19H22ClN3O3/c1-12(21-14-7-5-13(6-8-14)19(2,3)4)18(24)22-17-10-9-15(23(25)26)11-16(17)20/h5-12,21H,1-4H3,(H,22,24)/t12-/m1/s1. The first kappa shape index (κ1) is 19.7. The molecule has 0 aliphatic rings. The Morgan fingerprint density at radius 2 is 1.77 bits per heavy atom. The zero-order valence-corrected chi connectivity index (χ0v) is 15.9. The molecule has 26 heavy (non-hydrogen) atoms. The Morgan fingerprint density at radius 1 is 1.15 bits per heavy atom. The van der Waals surface area contributed by atoms with E-state index in [1.807, 2.05) is 24.3 Å². The number of non-ortho nitro benzene ring substituents is 1. The van der Waals surface area contributed by atoms with Crippen LogP contribution in [0.5, 0.6) is 0 Å². The fourth-order valence-electron chi connectivity index (χ4n) is 2.34. The van der Waals surface area contributed by atoms with Gasteiger partial charge in [0.25, 0.3) is 5.69 Å². The number of amides is 1. The molecule has 0 radical (unpaired) electrons. The molecule has 0 spiro atoms. The van der Waals surface area contributed by atoms with E-state index >= 15 is 0 Å². The molecule has 6 nitrogen and oxygen atoms in total. The normalized spacial score (nSPS) is 12.3. The Morgan fingerprint density at radius 3 is 2.27 bits per heavy atom. The summed E-state index contributed by atoms with van der Waals surface area (Å²) in [5, 5.41) is 16.7. The smallest absolute Gasteiger partial charge is 0.271 e. The van der Waals surface area contributed by atoms with E-state index < -0.39 is 11.0 Å². The molecule has 2 aromatic carbocycles. The Balaban J connectivity index is 2.02. The molecule has 0 saturated heterocycles. The lowest BCUT2D eigenvalue weighted by atomic mass is 9.87. The average Bonchev–Trinajstić information content (AvgIpc) is 2.56. The summed E-state index contributed by atoms with van der Waals surface area (Å²) in [7, 11) is 0. The topological polar surface area (TPSA) is 84.3 Å². The van der Waals surface area contributed by atoms with Gasteiger partial charge in [0.15, 0.2) is 0 Å². The van der Waals surface area contributed by atoms with Gasteiger partial charge in [-0.2, -0.15) is 0 Å². The van der Waals surface area contributed by atoms with Gasteiger partial charge in [0, 0.05) is 17.8 Å².